The molecule has 0 atom stereocenters. The molecule has 1 saturated heterocycles. The van der Waals surface area contributed by atoms with Crippen LogP contribution in [-0.4, -0.2) is 104 Å². The molecule has 1 aliphatic carbocycles. The van der Waals surface area contributed by atoms with Gasteiger partial charge in [0.25, 0.3) is 11.8 Å². The first-order chi connectivity index (χ1) is 34.5. The zero-order chi connectivity index (χ0) is 54.2. The molecule has 3 heterocycles. The van der Waals surface area contributed by atoms with Crippen LogP contribution in [0.2, 0.25) is 0 Å². The summed E-state index contributed by atoms with van der Waals surface area (Å²) in [4.78, 5) is 41.9. The van der Waals surface area contributed by atoms with Crippen molar-refractivity contribution in [1.82, 2.24) is 5.06 Å². The molecule has 0 unspecified atom stereocenters. The van der Waals surface area contributed by atoms with Crippen molar-refractivity contribution >= 4 is 75.3 Å². The number of nitrogens with zero attached hydrogens (tertiary/aromatic N) is 3. The van der Waals surface area contributed by atoms with Crippen molar-refractivity contribution in [2.24, 2.45) is 0 Å². The Morgan fingerprint density at radius 2 is 1.25 bits per heavy atom. The van der Waals surface area contributed by atoms with Crippen LogP contribution in [0.3, 0.4) is 0 Å². The molecule has 3 aromatic rings. The molecule has 3 aliphatic heterocycles. The molecule has 7 rings (SSSR count). The van der Waals surface area contributed by atoms with Crippen molar-refractivity contribution in [3.8, 4) is 5.75 Å². The molecular weight excluding hydrogens is 1110 g/mol. The molecule has 2 amide bonds. The topological polar surface area (TPSA) is 308 Å². The second kappa shape index (κ2) is 26.4. The van der Waals surface area contributed by atoms with Gasteiger partial charge in [-0.15, -0.1) is 5.06 Å². The minimum absolute atomic E-state index is 0. The Morgan fingerprint density at radius 1 is 0.662 bits per heavy atom. The number of ether oxygens (including phenoxy) is 1. The molecule has 0 bridgehead atoms. The van der Waals surface area contributed by atoms with Crippen molar-refractivity contribution in [1.29, 1.82) is 0 Å². The van der Waals surface area contributed by atoms with Crippen LogP contribution in [0.1, 0.15) is 109 Å². The summed E-state index contributed by atoms with van der Waals surface area (Å²) in [5.74, 6) is -1.94. The van der Waals surface area contributed by atoms with Gasteiger partial charge < -0.3 is 32.7 Å². The van der Waals surface area contributed by atoms with E-state index in [1.807, 2.05) is 61.5 Å². The van der Waals surface area contributed by atoms with Gasteiger partial charge in [0, 0.05) is 72.5 Å². The molecule has 3 aromatic carbocycles. The third kappa shape index (κ3) is 16.0. The van der Waals surface area contributed by atoms with Gasteiger partial charge in [-0.1, -0.05) is 19.9 Å². The summed E-state index contributed by atoms with van der Waals surface area (Å²) in [7, 11) is -19.0. The average molecular weight is 1170 g/mol. The van der Waals surface area contributed by atoms with Crippen LogP contribution in [-0.2, 0) is 70.5 Å². The van der Waals surface area contributed by atoms with E-state index in [0.717, 1.165) is 12.1 Å². The summed E-state index contributed by atoms with van der Waals surface area (Å²) in [6.07, 6.45) is 10.4. The number of hydrogen-bond donors (Lipinski definition) is 0. The fourth-order valence-corrected chi connectivity index (χ4v) is 11.7. The van der Waals surface area contributed by atoms with Crippen molar-refractivity contribution in [2.45, 2.75) is 124 Å². The molecule has 20 nitrogen and oxygen atoms in total. The summed E-state index contributed by atoms with van der Waals surface area (Å²) in [6, 6.07) is 13.1. The fraction of sp³-hybridized carbons (Fsp3) is 0.400. The van der Waals surface area contributed by atoms with Crippen LogP contribution in [0.25, 0.3) is 0 Å². The number of carbonyl (C=O) groups is 3. The van der Waals surface area contributed by atoms with E-state index in [1.54, 1.807) is 6.07 Å². The molecule has 77 heavy (non-hydrogen) atoms. The Kier molecular flexibility index (Phi) is 22.8. The second-order valence-corrected chi connectivity index (χ2v) is 25.0. The number of anilines is 1. The van der Waals surface area contributed by atoms with Gasteiger partial charge >= 0.3 is 94.6 Å². The number of amides is 2. The maximum absolute atomic E-state index is 12.5. The van der Waals surface area contributed by atoms with E-state index < -0.39 is 89.5 Å². The number of hydrogen-bond acceptors (Lipinski definition) is 18. The quantitative estimate of drug-likeness (QED) is 0.0357. The smallest absolute Gasteiger partial charge is 0.748 e. The molecule has 0 spiro atoms. The fourth-order valence-electron chi connectivity index (χ4n) is 9.68. The number of hydroxylamine groups is 2. The molecule has 0 N–H and O–H groups in total. The van der Waals surface area contributed by atoms with Gasteiger partial charge in [0.15, 0.2) is 5.71 Å². The normalized spacial score (nSPS) is 18.3. The van der Waals surface area contributed by atoms with Crippen molar-refractivity contribution in [3.05, 3.63) is 119 Å². The monoisotopic (exact) mass is 1170 g/mol. The predicted octanol–water partition coefficient (Wildman–Crippen LogP) is -3.04. The molecular formula is C50H54N3Na3O17S4. The third-order valence-corrected chi connectivity index (χ3v) is 16.8. The number of imide groups is 1. The number of carbonyl (C=O) groups excluding carboxylic acids is 3. The summed E-state index contributed by atoms with van der Waals surface area (Å²) in [6.45, 7) is 8.02. The number of benzene rings is 3. The average Bonchev–Trinajstić information content (AvgIpc) is 3.82. The number of rotatable bonds is 20. The van der Waals surface area contributed by atoms with Gasteiger partial charge in [-0.3, -0.25) is 9.59 Å². The summed E-state index contributed by atoms with van der Waals surface area (Å²) in [5, 5.41) is 0.496. The Balaban J connectivity index is 0.00000427. The molecule has 0 saturated carbocycles. The van der Waals surface area contributed by atoms with Crippen molar-refractivity contribution < 1.29 is 169 Å². The van der Waals surface area contributed by atoms with E-state index in [1.165, 1.54) is 42.5 Å². The van der Waals surface area contributed by atoms with E-state index in [-0.39, 0.29) is 133 Å². The van der Waals surface area contributed by atoms with Gasteiger partial charge in [-0.2, -0.15) is 4.58 Å². The first-order valence-electron chi connectivity index (χ1n) is 23.7. The van der Waals surface area contributed by atoms with Gasteiger partial charge in [-0.25, -0.2) is 38.5 Å². The van der Waals surface area contributed by atoms with Crippen LogP contribution in [0.4, 0.5) is 11.4 Å². The van der Waals surface area contributed by atoms with E-state index in [4.69, 9.17) is 9.57 Å². The van der Waals surface area contributed by atoms with Crippen molar-refractivity contribution in [2.75, 3.05) is 23.7 Å². The predicted molar refractivity (Wildman–Crippen MR) is 263 cm³/mol. The van der Waals surface area contributed by atoms with Gasteiger partial charge in [0.05, 0.1) is 30.2 Å². The van der Waals surface area contributed by atoms with Gasteiger partial charge in [-0.05, 0) is 142 Å². The molecule has 27 heteroatoms. The third-order valence-electron chi connectivity index (χ3n) is 13.5. The SMILES string of the molecule is CC1(C)C(C=CC2=C(Oc3ccc(S(=O)(=O)[O-])cc3)/C(=C\C=C3/N(CCCCS(=O)(=O)[O-])c4ccc(S(=O)(=O)[O-])cc4C3(C)C)CCC2)=[N+](CCCCCC(=O)ON2C(=O)CCC2=O)c2ccc(S(=O)(=O)[O-])cc21.[Na+].[Na+].[Na+]. The van der Waals surface area contributed by atoms with Gasteiger partial charge in [0.1, 0.15) is 48.4 Å². The van der Waals surface area contributed by atoms with Crippen molar-refractivity contribution in [3.63, 3.8) is 0 Å². The molecule has 398 valence electrons. The maximum atomic E-state index is 12.5. The Hall–Kier alpha value is -2.86. The summed E-state index contributed by atoms with van der Waals surface area (Å²) < 4.78 is 152. The largest absolute Gasteiger partial charge is 1.00 e. The number of allylic oxidation sites excluding steroid dienone is 7. The standard InChI is InChI=1S/C50H57N3O17S4.3Na/c1-49(2)39-31-37(73(63,64)65)20-22-41(39)51(28-7-5-6-13-47(56)70-53-45(54)26-27-46(53)55)43(49)24-14-33-11-10-12-34(48(33)69-35-16-18-36(19-17-35)72(60,61)62)15-25-44-50(3,4)40-32-38(74(66,67)68)21-23-42(40)52(44)29-8-9-30-71(57,58)59;;;/h14-25,31-32H,5-13,26-30H2,1-4H3,(H3-,57,58,59,60,61,62,63,64,65,66,67,68);;;/q;3*+1/p-3. The van der Waals surface area contributed by atoms with Crippen LogP contribution in [0.5, 0.6) is 5.75 Å². The minimum Gasteiger partial charge on any atom is -0.748 e. The number of fused-ring (bicyclic) bond motifs is 2. The summed E-state index contributed by atoms with van der Waals surface area (Å²) in [5.41, 5.74) is 3.16. The Bertz CT molecular complexity index is 3410. The first kappa shape index (κ1) is 66.7. The van der Waals surface area contributed by atoms with Crippen LogP contribution in [0.15, 0.2) is 122 Å². The minimum atomic E-state index is -4.85. The van der Waals surface area contributed by atoms with Gasteiger partial charge in [0.2, 0.25) is 5.69 Å². The van der Waals surface area contributed by atoms with Crippen LogP contribution in [0, 0.1) is 0 Å². The Morgan fingerprint density at radius 3 is 1.84 bits per heavy atom. The van der Waals surface area contributed by atoms with Crippen LogP contribution >= 0.6 is 0 Å². The zero-order valence-corrected chi connectivity index (χ0v) is 53.2. The number of unbranched alkanes of at least 4 members (excludes halogenated alkanes) is 3. The van der Waals surface area contributed by atoms with E-state index >= 15 is 0 Å². The maximum Gasteiger partial charge on any atom is 1.00 e. The van der Waals surface area contributed by atoms with E-state index in [9.17, 15) is 66.3 Å². The molecule has 4 aliphatic rings. The molecule has 0 radical (unpaired) electrons. The molecule has 0 aromatic heterocycles. The Labute approximate surface area is 515 Å². The zero-order valence-electron chi connectivity index (χ0n) is 43.9. The summed E-state index contributed by atoms with van der Waals surface area (Å²) >= 11 is 0. The first-order valence-corrected chi connectivity index (χ1v) is 29.5. The van der Waals surface area contributed by atoms with E-state index in [2.05, 4.69) is 0 Å². The van der Waals surface area contributed by atoms with E-state index in [0.29, 0.717) is 101 Å². The molecule has 1 fully saturated rings. The van der Waals surface area contributed by atoms with Crippen LogP contribution < -0.4 is 98.3 Å². The second-order valence-electron chi connectivity index (χ2n) is 19.3.